The van der Waals surface area contributed by atoms with Crippen molar-refractivity contribution in [3.63, 3.8) is 0 Å². The molecule has 0 aliphatic rings. The summed E-state index contributed by atoms with van der Waals surface area (Å²) in [5, 5.41) is 86.4. The van der Waals surface area contributed by atoms with Crippen LogP contribution in [0.25, 0.3) is 11.1 Å². The maximum Gasteiger partial charge on any atom is 0.335 e. The van der Waals surface area contributed by atoms with Crippen molar-refractivity contribution < 1.29 is 45.6 Å². The van der Waals surface area contributed by atoms with E-state index in [2.05, 4.69) is 10.6 Å². The summed E-state index contributed by atoms with van der Waals surface area (Å²) in [7, 11) is 0. The topological polar surface area (TPSA) is 203 Å². The third-order valence-corrected chi connectivity index (χ3v) is 5.30. The van der Waals surface area contributed by atoms with E-state index in [4.69, 9.17) is 11.6 Å². The second kappa shape index (κ2) is 10.3. The first-order chi connectivity index (χ1) is 16.4. The van der Waals surface area contributed by atoms with E-state index in [0.717, 1.165) is 6.07 Å². The molecule has 0 fully saturated rings. The first-order valence-corrected chi connectivity index (χ1v) is 10.5. The Balaban J connectivity index is 1.83. The van der Waals surface area contributed by atoms with Gasteiger partial charge < -0.3 is 51.5 Å². The summed E-state index contributed by atoms with van der Waals surface area (Å²) in [6.07, 6.45) is -1.04. The molecule has 1 unspecified atom stereocenters. The van der Waals surface area contributed by atoms with E-state index in [-0.39, 0.29) is 17.7 Å². The van der Waals surface area contributed by atoms with Crippen molar-refractivity contribution in [2.45, 2.75) is 12.0 Å². The fourth-order valence-electron chi connectivity index (χ4n) is 3.36. The number of anilines is 1. The van der Waals surface area contributed by atoms with Gasteiger partial charge in [-0.25, -0.2) is 4.79 Å². The van der Waals surface area contributed by atoms with Crippen LogP contribution in [-0.4, -0.2) is 65.8 Å². The summed E-state index contributed by atoms with van der Waals surface area (Å²) in [5.41, 5.74) is -0.970. The normalized spacial score (nSPS) is 12.3. The second-order valence-electron chi connectivity index (χ2n) is 7.67. The number of aliphatic hydroxyl groups excluding tert-OH is 1. The molecule has 0 spiro atoms. The molecule has 3 rings (SSSR count). The minimum absolute atomic E-state index is 0.0394. The van der Waals surface area contributed by atoms with E-state index in [1.165, 1.54) is 24.3 Å². The molecule has 35 heavy (non-hydrogen) atoms. The predicted octanol–water partition coefficient (Wildman–Crippen LogP) is 1.90. The molecule has 0 heterocycles. The number of hydrogen-bond acceptors (Lipinski definition) is 10. The van der Waals surface area contributed by atoms with Gasteiger partial charge in [0.2, 0.25) is 5.75 Å². The largest absolute Gasteiger partial charge is 0.505 e. The molecule has 10 N–H and O–H groups in total. The zero-order chi connectivity index (χ0) is 25.9. The van der Waals surface area contributed by atoms with Gasteiger partial charge in [-0.05, 0) is 35.4 Å². The van der Waals surface area contributed by atoms with Crippen LogP contribution in [0.1, 0.15) is 22.0 Å². The van der Waals surface area contributed by atoms with Crippen molar-refractivity contribution in [1.82, 2.24) is 5.32 Å². The molecule has 0 aliphatic heterocycles. The van der Waals surface area contributed by atoms with Crippen LogP contribution in [0.15, 0.2) is 48.5 Å². The van der Waals surface area contributed by atoms with E-state index >= 15 is 0 Å². The van der Waals surface area contributed by atoms with Crippen molar-refractivity contribution >= 4 is 23.3 Å². The molecule has 0 aliphatic carbocycles. The zero-order valence-electron chi connectivity index (χ0n) is 18.0. The van der Waals surface area contributed by atoms with Gasteiger partial charge in [-0.3, -0.25) is 0 Å². The van der Waals surface area contributed by atoms with Crippen LogP contribution >= 0.6 is 11.6 Å². The number of benzene rings is 3. The van der Waals surface area contributed by atoms with Gasteiger partial charge in [0.05, 0.1) is 23.8 Å². The summed E-state index contributed by atoms with van der Waals surface area (Å²) >= 11 is 5.88. The van der Waals surface area contributed by atoms with E-state index in [1.54, 1.807) is 18.2 Å². The number of hydrogen-bond donors (Lipinski definition) is 10. The Hall–Kier alpha value is -3.74. The smallest absolute Gasteiger partial charge is 0.335 e. The van der Waals surface area contributed by atoms with E-state index in [1.807, 2.05) is 0 Å². The maximum atomic E-state index is 11.3. The second-order valence-corrected chi connectivity index (χ2v) is 8.11. The standard InChI is InChI=1S/C23H23ClN2O9/c24-14-6-2-3-11(8-14)15(27)9-25-10-23(34,35)26-17-18(28)16(19(29)21(31)20(17)30)12-4-1-5-13(7-12)22(32)33/h1-8,15,25-31,34-35H,9-10H2,(H,32,33). The van der Waals surface area contributed by atoms with Crippen LogP contribution in [0, 0.1) is 0 Å². The molecule has 0 saturated carbocycles. The average Bonchev–Trinajstić information content (AvgIpc) is 2.80. The maximum absolute atomic E-state index is 11.3. The van der Waals surface area contributed by atoms with Crippen molar-refractivity contribution in [2.24, 2.45) is 0 Å². The number of carboxylic acids is 1. The van der Waals surface area contributed by atoms with Crippen LogP contribution in [0.3, 0.4) is 0 Å². The van der Waals surface area contributed by atoms with Gasteiger partial charge >= 0.3 is 5.97 Å². The quantitative estimate of drug-likeness (QED) is 0.115. The number of nitrogens with one attached hydrogen (secondary N) is 2. The zero-order valence-corrected chi connectivity index (χ0v) is 18.7. The molecule has 0 radical (unpaired) electrons. The number of aromatic carboxylic acids is 1. The highest BCUT2D eigenvalue weighted by Gasteiger charge is 2.31. The predicted molar refractivity (Wildman–Crippen MR) is 126 cm³/mol. The molecule has 0 saturated heterocycles. The number of carboxylic acid groups (broad SMARTS) is 1. The minimum Gasteiger partial charge on any atom is -0.505 e. The van der Waals surface area contributed by atoms with E-state index in [9.17, 15) is 45.6 Å². The number of phenols is 4. The number of carbonyl (C=O) groups is 1. The fraction of sp³-hybridized carbons (Fsp3) is 0.174. The highest BCUT2D eigenvalue weighted by molar-refractivity contribution is 6.30. The van der Waals surface area contributed by atoms with Crippen LogP contribution in [0.5, 0.6) is 23.0 Å². The average molecular weight is 507 g/mol. The van der Waals surface area contributed by atoms with E-state index < -0.39 is 58.8 Å². The van der Waals surface area contributed by atoms with Gasteiger partial charge in [0, 0.05) is 11.6 Å². The Morgan fingerprint density at radius 3 is 2.29 bits per heavy atom. The summed E-state index contributed by atoms with van der Waals surface area (Å²) in [6.45, 7) is -0.758. The third-order valence-electron chi connectivity index (χ3n) is 5.06. The molecule has 1 atom stereocenters. The van der Waals surface area contributed by atoms with Crippen LogP contribution in [-0.2, 0) is 0 Å². The molecule has 12 heteroatoms. The summed E-state index contributed by atoms with van der Waals surface area (Å²) < 4.78 is 0. The van der Waals surface area contributed by atoms with Crippen LogP contribution in [0.2, 0.25) is 5.02 Å². The highest BCUT2D eigenvalue weighted by Crippen LogP contribution is 2.54. The van der Waals surface area contributed by atoms with Crippen LogP contribution in [0.4, 0.5) is 5.69 Å². The molecule has 3 aromatic carbocycles. The number of rotatable bonds is 9. The number of aromatic hydroxyl groups is 4. The Labute approximate surface area is 203 Å². The lowest BCUT2D eigenvalue weighted by Gasteiger charge is -2.27. The lowest BCUT2D eigenvalue weighted by molar-refractivity contribution is -0.132. The summed E-state index contributed by atoms with van der Waals surface area (Å²) in [4.78, 5) is 11.3. The van der Waals surface area contributed by atoms with Crippen molar-refractivity contribution in [3.05, 3.63) is 64.7 Å². The van der Waals surface area contributed by atoms with Crippen molar-refractivity contribution in [2.75, 3.05) is 18.4 Å². The van der Waals surface area contributed by atoms with Gasteiger partial charge in [0.1, 0.15) is 5.69 Å². The van der Waals surface area contributed by atoms with Gasteiger partial charge in [0.25, 0.3) is 5.91 Å². The number of phenolic OH excluding ortho intramolecular Hbond substituents is 4. The van der Waals surface area contributed by atoms with Crippen molar-refractivity contribution in [1.29, 1.82) is 0 Å². The molecule has 11 nitrogen and oxygen atoms in total. The van der Waals surface area contributed by atoms with Gasteiger partial charge in [-0.15, -0.1) is 0 Å². The first kappa shape index (κ1) is 25.9. The lowest BCUT2D eigenvalue weighted by atomic mass is 9.99. The van der Waals surface area contributed by atoms with Gasteiger partial charge in [0.15, 0.2) is 17.2 Å². The monoisotopic (exact) mass is 506 g/mol. The number of halogens is 1. The molecule has 0 bridgehead atoms. The fourth-order valence-corrected chi connectivity index (χ4v) is 3.56. The highest BCUT2D eigenvalue weighted by atomic mass is 35.5. The summed E-state index contributed by atoms with van der Waals surface area (Å²) in [5.74, 6) is -8.16. The molecular formula is C23H23ClN2O9. The van der Waals surface area contributed by atoms with Gasteiger partial charge in [-0.2, -0.15) is 0 Å². The molecule has 0 aromatic heterocycles. The third kappa shape index (κ3) is 5.85. The van der Waals surface area contributed by atoms with E-state index in [0.29, 0.717) is 10.6 Å². The first-order valence-electron chi connectivity index (χ1n) is 10.1. The lowest BCUT2D eigenvalue weighted by Crippen LogP contribution is -2.48. The molecule has 0 amide bonds. The Kier molecular flexibility index (Phi) is 7.58. The SMILES string of the molecule is O=C(O)c1cccc(-c2c(O)c(O)c(O)c(NC(O)(O)CNCC(O)c3cccc(Cl)c3)c2O)c1. The molecule has 3 aromatic rings. The molecular weight excluding hydrogens is 484 g/mol. The Morgan fingerprint density at radius 1 is 0.943 bits per heavy atom. The summed E-state index contributed by atoms with van der Waals surface area (Å²) in [6, 6.07) is 11.4. The van der Waals surface area contributed by atoms with Crippen molar-refractivity contribution in [3.8, 4) is 34.1 Å². The number of aliphatic hydroxyl groups is 3. The Bertz CT molecular complexity index is 1250. The Morgan fingerprint density at radius 2 is 1.63 bits per heavy atom. The minimum atomic E-state index is -2.83. The van der Waals surface area contributed by atoms with Crippen LogP contribution < -0.4 is 10.6 Å². The molecule has 186 valence electrons. The van der Waals surface area contributed by atoms with Gasteiger partial charge in [-0.1, -0.05) is 35.9 Å².